The molecule has 1 N–H and O–H groups in total. The molecule has 2 heterocycles. The standard InChI is InChI=1S/C25H31N3OS/c1-16(2)20-9-7-8-17(3)23(20)27-24(29)18(4)28-14-12-19(13-15-28)25-26-21-10-5-6-11-22(21)30-25/h5-11,16,18-19H,12-15H2,1-4H3,(H,27,29)/t18-/m0/s1. The minimum Gasteiger partial charge on any atom is -0.324 e. The molecule has 1 fully saturated rings. The topological polar surface area (TPSA) is 45.2 Å². The van der Waals surface area contributed by atoms with E-state index in [1.54, 1.807) is 0 Å². The molecule has 0 spiro atoms. The molecule has 158 valence electrons. The Morgan fingerprint density at radius 1 is 1.10 bits per heavy atom. The molecule has 0 aliphatic carbocycles. The molecule has 2 aromatic carbocycles. The van der Waals surface area contributed by atoms with Crippen LogP contribution in [0.3, 0.4) is 0 Å². The fraction of sp³-hybridized carbons (Fsp3) is 0.440. The van der Waals surface area contributed by atoms with Crippen LogP contribution in [0.5, 0.6) is 0 Å². The molecule has 1 atom stereocenters. The van der Waals surface area contributed by atoms with Gasteiger partial charge < -0.3 is 5.32 Å². The van der Waals surface area contributed by atoms with Crippen molar-refractivity contribution in [2.75, 3.05) is 18.4 Å². The number of amides is 1. The third-order valence-electron chi connectivity index (χ3n) is 6.29. The number of piperidine rings is 1. The number of hydrogen-bond donors (Lipinski definition) is 1. The lowest BCUT2D eigenvalue weighted by molar-refractivity contribution is -0.121. The molecule has 1 aliphatic rings. The van der Waals surface area contributed by atoms with Crippen LogP contribution in [-0.2, 0) is 4.79 Å². The van der Waals surface area contributed by atoms with Crippen molar-refractivity contribution in [3.05, 3.63) is 58.6 Å². The van der Waals surface area contributed by atoms with Crippen molar-refractivity contribution >= 4 is 33.1 Å². The number of nitrogens with zero attached hydrogens (tertiary/aromatic N) is 2. The van der Waals surface area contributed by atoms with E-state index in [0.29, 0.717) is 11.8 Å². The van der Waals surface area contributed by atoms with Gasteiger partial charge in [-0.3, -0.25) is 9.69 Å². The van der Waals surface area contributed by atoms with Crippen LogP contribution in [0, 0.1) is 6.92 Å². The minimum atomic E-state index is -0.138. The number of hydrogen-bond acceptors (Lipinski definition) is 4. The van der Waals surface area contributed by atoms with E-state index in [1.807, 2.05) is 24.3 Å². The molecule has 1 amide bonds. The molecule has 0 radical (unpaired) electrons. The van der Waals surface area contributed by atoms with Gasteiger partial charge in [0.05, 0.1) is 21.3 Å². The van der Waals surface area contributed by atoms with Gasteiger partial charge in [0.25, 0.3) is 0 Å². The van der Waals surface area contributed by atoms with Gasteiger partial charge in [0.15, 0.2) is 0 Å². The van der Waals surface area contributed by atoms with Gasteiger partial charge in [-0.25, -0.2) is 4.98 Å². The van der Waals surface area contributed by atoms with Gasteiger partial charge in [-0.05, 0) is 69.0 Å². The summed E-state index contributed by atoms with van der Waals surface area (Å²) in [6.07, 6.45) is 2.11. The molecule has 0 bridgehead atoms. The maximum atomic E-state index is 13.0. The predicted molar refractivity (Wildman–Crippen MR) is 127 cm³/mol. The summed E-state index contributed by atoms with van der Waals surface area (Å²) in [5.74, 6) is 0.961. The Hall–Kier alpha value is -2.24. The fourth-order valence-corrected chi connectivity index (χ4v) is 5.47. The van der Waals surface area contributed by atoms with E-state index < -0.39 is 0 Å². The third kappa shape index (κ3) is 4.28. The number of aryl methyl sites for hydroxylation is 1. The van der Waals surface area contributed by atoms with Crippen molar-refractivity contribution < 1.29 is 4.79 Å². The Morgan fingerprint density at radius 3 is 2.53 bits per heavy atom. The maximum absolute atomic E-state index is 13.0. The van der Waals surface area contributed by atoms with Crippen LogP contribution < -0.4 is 5.32 Å². The number of para-hydroxylation sites is 2. The quantitative estimate of drug-likeness (QED) is 0.555. The Morgan fingerprint density at radius 2 is 1.83 bits per heavy atom. The SMILES string of the molecule is Cc1cccc(C(C)C)c1NC(=O)[C@H](C)N1CCC(c2nc3ccccc3s2)CC1. The molecule has 1 aliphatic heterocycles. The molecule has 30 heavy (non-hydrogen) atoms. The summed E-state index contributed by atoms with van der Waals surface area (Å²) in [7, 11) is 0. The van der Waals surface area contributed by atoms with Crippen LogP contribution in [0.15, 0.2) is 42.5 Å². The molecular formula is C25H31N3OS. The van der Waals surface area contributed by atoms with Crippen LogP contribution >= 0.6 is 11.3 Å². The van der Waals surface area contributed by atoms with E-state index >= 15 is 0 Å². The van der Waals surface area contributed by atoms with Gasteiger partial charge in [-0.1, -0.05) is 44.2 Å². The number of carbonyl (C=O) groups excluding carboxylic acids is 1. The van der Waals surface area contributed by atoms with E-state index in [2.05, 4.69) is 67.4 Å². The van der Waals surface area contributed by atoms with Crippen molar-refractivity contribution in [1.29, 1.82) is 0 Å². The third-order valence-corrected chi connectivity index (χ3v) is 7.49. The first kappa shape index (κ1) is 21.0. The number of thiazole rings is 1. The van der Waals surface area contributed by atoms with Gasteiger partial charge in [0.2, 0.25) is 5.91 Å². The zero-order valence-electron chi connectivity index (χ0n) is 18.3. The average Bonchev–Trinajstić information content (AvgIpc) is 3.19. The monoisotopic (exact) mass is 421 g/mol. The van der Waals surface area contributed by atoms with Crippen LogP contribution in [0.4, 0.5) is 5.69 Å². The molecular weight excluding hydrogens is 390 g/mol. The highest BCUT2D eigenvalue weighted by molar-refractivity contribution is 7.18. The van der Waals surface area contributed by atoms with E-state index in [1.165, 1.54) is 15.3 Å². The number of anilines is 1. The molecule has 3 aromatic rings. The zero-order valence-corrected chi connectivity index (χ0v) is 19.1. The second-order valence-electron chi connectivity index (χ2n) is 8.69. The van der Waals surface area contributed by atoms with Crippen LogP contribution in [0.1, 0.15) is 61.6 Å². The maximum Gasteiger partial charge on any atom is 0.241 e. The minimum absolute atomic E-state index is 0.0876. The van der Waals surface area contributed by atoms with Crippen molar-refractivity contribution in [2.45, 2.75) is 58.4 Å². The van der Waals surface area contributed by atoms with Crippen LogP contribution in [0.25, 0.3) is 10.2 Å². The van der Waals surface area contributed by atoms with Crippen molar-refractivity contribution in [3.63, 3.8) is 0 Å². The van der Waals surface area contributed by atoms with E-state index in [9.17, 15) is 4.79 Å². The number of benzene rings is 2. The van der Waals surface area contributed by atoms with Gasteiger partial charge in [0, 0.05) is 11.6 Å². The lowest BCUT2D eigenvalue weighted by Crippen LogP contribution is -2.45. The Kier molecular flexibility index (Phi) is 6.21. The number of carbonyl (C=O) groups is 1. The van der Waals surface area contributed by atoms with Gasteiger partial charge in [-0.15, -0.1) is 11.3 Å². The lowest BCUT2D eigenvalue weighted by atomic mass is 9.96. The smallest absolute Gasteiger partial charge is 0.241 e. The van der Waals surface area contributed by atoms with Crippen molar-refractivity contribution in [2.24, 2.45) is 0 Å². The van der Waals surface area contributed by atoms with Crippen molar-refractivity contribution in [1.82, 2.24) is 9.88 Å². The summed E-state index contributed by atoms with van der Waals surface area (Å²) in [4.78, 5) is 20.2. The molecule has 0 unspecified atom stereocenters. The molecule has 4 nitrogen and oxygen atoms in total. The van der Waals surface area contributed by atoms with E-state index in [-0.39, 0.29) is 11.9 Å². The second-order valence-corrected chi connectivity index (χ2v) is 9.75. The number of rotatable bonds is 5. The van der Waals surface area contributed by atoms with E-state index in [0.717, 1.165) is 42.7 Å². The van der Waals surface area contributed by atoms with Crippen molar-refractivity contribution in [3.8, 4) is 0 Å². The summed E-state index contributed by atoms with van der Waals surface area (Å²) in [5.41, 5.74) is 4.40. The molecule has 0 saturated carbocycles. The first-order valence-corrected chi connectivity index (χ1v) is 11.8. The lowest BCUT2D eigenvalue weighted by Gasteiger charge is -2.35. The summed E-state index contributed by atoms with van der Waals surface area (Å²) < 4.78 is 1.27. The largest absolute Gasteiger partial charge is 0.324 e. The molecule has 1 saturated heterocycles. The first-order chi connectivity index (χ1) is 14.4. The highest BCUT2D eigenvalue weighted by Gasteiger charge is 2.29. The number of aromatic nitrogens is 1. The number of likely N-dealkylation sites (tertiary alicyclic amines) is 1. The Balaban J connectivity index is 1.39. The van der Waals surface area contributed by atoms with E-state index in [4.69, 9.17) is 4.98 Å². The first-order valence-electron chi connectivity index (χ1n) is 10.9. The Bertz CT molecular complexity index is 1000. The van der Waals surface area contributed by atoms with Gasteiger partial charge in [0.1, 0.15) is 0 Å². The Labute approximate surface area is 183 Å². The molecule has 1 aromatic heterocycles. The zero-order chi connectivity index (χ0) is 21.3. The van der Waals surface area contributed by atoms with Crippen LogP contribution in [-0.4, -0.2) is 34.9 Å². The fourth-order valence-electron chi connectivity index (χ4n) is 4.33. The number of nitrogens with one attached hydrogen (secondary N) is 1. The van der Waals surface area contributed by atoms with Crippen LogP contribution in [0.2, 0.25) is 0 Å². The second kappa shape index (κ2) is 8.86. The molecule has 5 heteroatoms. The summed E-state index contributed by atoms with van der Waals surface area (Å²) in [5, 5.41) is 4.47. The summed E-state index contributed by atoms with van der Waals surface area (Å²) >= 11 is 1.82. The highest BCUT2D eigenvalue weighted by atomic mass is 32.1. The molecule has 4 rings (SSSR count). The highest BCUT2D eigenvalue weighted by Crippen LogP contribution is 2.34. The van der Waals surface area contributed by atoms with Gasteiger partial charge in [-0.2, -0.15) is 0 Å². The predicted octanol–water partition coefficient (Wildman–Crippen LogP) is 5.93. The van der Waals surface area contributed by atoms with Gasteiger partial charge >= 0.3 is 0 Å². The summed E-state index contributed by atoms with van der Waals surface area (Å²) in [6.45, 7) is 10.3. The average molecular weight is 422 g/mol. The normalized spacial score (nSPS) is 16.8. The number of fused-ring (bicyclic) bond motifs is 1. The summed E-state index contributed by atoms with van der Waals surface area (Å²) in [6, 6.07) is 14.5.